The molecule has 0 spiro atoms. The van der Waals surface area contributed by atoms with Crippen molar-refractivity contribution >= 4 is 34.1 Å². The molecule has 2 rings (SSSR count). The highest BCUT2D eigenvalue weighted by atomic mass is 32.1. The van der Waals surface area contributed by atoms with Crippen LogP contribution in [-0.4, -0.2) is 22.9 Å². The van der Waals surface area contributed by atoms with Crippen LogP contribution in [0.25, 0.3) is 0 Å². The molecule has 124 valence electrons. The van der Waals surface area contributed by atoms with E-state index in [1.807, 2.05) is 0 Å². The summed E-state index contributed by atoms with van der Waals surface area (Å²) >= 11 is 1.37. The van der Waals surface area contributed by atoms with E-state index in [1.54, 1.807) is 0 Å². The van der Waals surface area contributed by atoms with E-state index in [4.69, 9.17) is 10.8 Å². The van der Waals surface area contributed by atoms with Crippen LogP contribution in [0, 0.1) is 5.92 Å². The SMILES string of the molecule is CCC[C@H]1CCc2c(sc(NC(=O)/C=C/C(=O)O)c2C(N)=O)C1. The smallest absolute Gasteiger partial charge is 0.328 e. The molecule has 0 fully saturated rings. The number of nitrogens with two attached hydrogens (primary N) is 1. The summed E-state index contributed by atoms with van der Waals surface area (Å²) < 4.78 is 0. The molecular weight excluding hydrogens is 316 g/mol. The van der Waals surface area contributed by atoms with E-state index < -0.39 is 17.8 Å². The molecule has 1 atom stereocenters. The lowest BCUT2D eigenvalue weighted by atomic mass is 9.84. The Labute approximate surface area is 138 Å². The van der Waals surface area contributed by atoms with Gasteiger partial charge in [-0.2, -0.15) is 0 Å². The van der Waals surface area contributed by atoms with Crippen LogP contribution < -0.4 is 11.1 Å². The van der Waals surface area contributed by atoms with Crippen molar-refractivity contribution in [2.24, 2.45) is 11.7 Å². The van der Waals surface area contributed by atoms with Crippen LogP contribution in [0.1, 0.15) is 47.0 Å². The molecule has 1 aliphatic rings. The molecular formula is C16H20N2O4S. The number of thiophene rings is 1. The van der Waals surface area contributed by atoms with Crippen LogP contribution in [0.15, 0.2) is 12.2 Å². The van der Waals surface area contributed by atoms with Gasteiger partial charge >= 0.3 is 5.97 Å². The van der Waals surface area contributed by atoms with Gasteiger partial charge in [0.1, 0.15) is 5.00 Å². The van der Waals surface area contributed by atoms with Crippen molar-refractivity contribution in [1.82, 2.24) is 0 Å². The zero-order valence-electron chi connectivity index (χ0n) is 12.9. The van der Waals surface area contributed by atoms with E-state index in [-0.39, 0.29) is 0 Å². The maximum atomic E-state index is 11.8. The van der Waals surface area contributed by atoms with Crippen LogP contribution in [0.3, 0.4) is 0 Å². The second-order valence-corrected chi connectivity index (χ2v) is 6.74. The third-order valence-electron chi connectivity index (χ3n) is 3.92. The van der Waals surface area contributed by atoms with E-state index >= 15 is 0 Å². The minimum absolute atomic E-state index is 0.372. The number of anilines is 1. The van der Waals surface area contributed by atoms with Gasteiger partial charge < -0.3 is 16.2 Å². The van der Waals surface area contributed by atoms with Crippen molar-refractivity contribution in [3.63, 3.8) is 0 Å². The molecule has 1 aromatic heterocycles. The fourth-order valence-electron chi connectivity index (χ4n) is 2.96. The number of hydrogen-bond donors (Lipinski definition) is 3. The summed E-state index contributed by atoms with van der Waals surface area (Å²) in [6.45, 7) is 2.15. The van der Waals surface area contributed by atoms with Gasteiger partial charge in [-0.25, -0.2) is 4.79 Å². The Bertz CT molecular complexity index is 663. The third-order valence-corrected chi connectivity index (χ3v) is 5.09. The first-order valence-corrected chi connectivity index (χ1v) is 8.40. The summed E-state index contributed by atoms with van der Waals surface area (Å²) in [7, 11) is 0. The lowest BCUT2D eigenvalue weighted by molar-refractivity contribution is -0.131. The molecule has 0 radical (unpaired) electrons. The number of nitrogens with one attached hydrogen (secondary N) is 1. The van der Waals surface area contributed by atoms with Crippen molar-refractivity contribution in [3.05, 3.63) is 28.2 Å². The van der Waals surface area contributed by atoms with Crippen molar-refractivity contribution in [2.45, 2.75) is 39.0 Å². The Morgan fingerprint density at radius 3 is 2.74 bits per heavy atom. The van der Waals surface area contributed by atoms with Gasteiger partial charge in [0.05, 0.1) is 5.56 Å². The largest absolute Gasteiger partial charge is 0.478 e. The second-order valence-electron chi connectivity index (χ2n) is 5.63. The molecule has 23 heavy (non-hydrogen) atoms. The van der Waals surface area contributed by atoms with Crippen LogP contribution >= 0.6 is 11.3 Å². The molecule has 2 amide bonds. The monoisotopic (exact) mass is 336 g/mol. The second kappa shape index (κ2) is 7.41. The molecule has 0 saturated carbocycles. The number of hydrogen-bond acceptors (Lipinski definition) is 4. The van der Waals surface area contributed by atoms with Crippen molar-refractivity contribution in [1.29, 1.82) is 0 Å². The zero-order chi connectivity index (χ0) is 17.0. The van der Waals surface area contributed by atoms with Gasteiger partial charge in [-0.1, -0.05) is 19.8 Å². The molecule has 1 aromatic rings. The number of carbonyl (C=O) groups is 3. The molecule has 0 unspecified atom stereocenters. The first-order valence-electron chi connectivity index (χ1n) is 7.58. The Hall–Kier alpha value is -2.15. The third kappa shape index (κ3) is 4.19. The average Bonchev–Trinajstić information content (AvgIpc) is 2.82. The first kappa shape index (κ1) is 17.2. The van der Waals surface area contributed by atoms with Crippen molar-refractivity contribution in [3.8, 4) is 0 Å². The lowest BCUT2D eigenvalue weighted by Crippen LogP contribution is -2.19. The highest BCUT2D eigenvalue weighted by molar-refractivity contribution is 7.17. The topological polar surface area (TPSA) is 109 Å². The van der Waals surface area contributed by atoms with Crippen LogP contribution in [-0.2, 0) is 22.4 Å². The van der Waals surface area contributed by atoms with Crippen LogP contribution in [0.4, 0.5) is 5.00 Å². The van der Waals surface area contributed by atoms with Gasteiger partial charge in [-0.15, -0.1) is 11.3 Å². The summed E-state index contributed by atoms with van der Waals surface area (Å²) in [6.07, 6.45) is 6.65. The predicted octanol–water partition coefficient (Wildman–Crippen LogP) is 2.33. The normalized spacial score (nSPS) is 17.0. The predicted molar refractivity (Wildman–Crippen MR) is 88.7 cm³/mol. The molecule has 6 nitrogen and oxygen atoms in total. The number of carboxylic acid groups (broad SMARTS) is 1. The molecule has 1 heterocycles. The van der Waals surface area contributed by atoms with E-state index in [1.165, 1.54) is 11.3 Å². The molecule has 0 bridgehead atoms. The number of rotatable bonds is 6. The van der Waals surface area contributed by atoms with Gasteiger partial charge in [-0.05, 0) is 30.7 Å². The zero-order valence-corrected chi connectivity index (χ0v) is 13.7. The summed E-state index contributed by atoms with van der Waals surface area (Å²) in [6, 6.07) is 0. The highest BCUT2D eigenvalue weighted by Gasteiger charge is 2.28. The van der Waals surface area contributed by atoms with Crippen LogP contribution in [0.2, 0.25) is 0 Å². The number of carbonyl (C=O) groups excluding carboxylic acids is 2. The average molecular weight is 336 g/mol. The number of carboxylic acids is 1. The number of primary amides is 1. The van der Waals surface area contributed by atoms with Crippen molar-refractivity contribution < 1.29 is 19.5 Å². The minimum atomic E-state index is -1.21. The standard InChI is InChI=1S/C16H20N2O4S/c1-2-3-9-4-5-10-11(8-9)23-16(14(10)15(17)22)18-12(19)6-7-13(20)21/h6-7,9H,2-5,8H2,1H3,(H2,17,22)(H,18,19)(H,20,21)/b7-6+/t9-/m0/s1. The van der Waals surface area contributed by atoms with Gasteiger partial charge in [0.25, 0.3) is 5.91 Å². The van der Waals surface area contributed by atoms with Crippen molar-refractivity contribution in [2.75, 3.05) is 5.32 Å². The van der Waals surface area contributed by atoms with Crippen LogP contribution in [0.5, 0.6) is 0 Å². The van der Waals surface area contributed by atoms with E-state index in [0.29, 0.717) is 16.5 Å². The van der Waals surface area contributed by atoms with Gasteiger partial charge in [0.2, 0.25) is 5.91 Å². The maximum absolute atomic E-state index is 11.8. The Kier molecular flexibility index (Phi) is 5.54. The quantitative estimate of drug-likeness (QED) is 0.693. The van der Waals surface area contributed by atoms with Gasteiger partial charge in [0, 0.05) is 17.0 Å². The Balaban J connectivity index is 2.25. The van der Waals surface area contributed by atoms with Gasteiger partial charge in [-0.3, -0.25) is 9.59 Å². The first-order chi connectivity index (χ1) is 10.9. The Morgan fingerprint density at radius 1 is 1.39 bits per heavy atom. The summed E-state index contributed by atoms with van der Waals surface area (Å²) in [5, 5.41) is 11.5. The maximum Gasteiger partial charge on any atom is 0.328 e. The summed E-state index contributed by atoms with van der Waals surface area (Å²) in [5.41, 5.74) is 6.79. The molecule has 4 N–H and O–H groups in total. The lowest BCUT2D eigenvalue weighted by Gasteiger charge is -2.21. The van der Waals surface area contributed by atoms with E-state index in [9.17, 15) is 14.4 Å². The number of amides is 2. The number of aliphatic carboxylic acids is 1. The molecule has 0 aromatic carbocycles. The molecule has 7 heteroatoms. The van der Waals surface area contributed by atoms with E-state index in [2.05, 4.69) is 12.2 Å². The molecule has 1 aliphatic carbocycles. The summed E-state index contributed by atoms with van der Waals surface area (Å²) in [4.78, 5) is 35.1. The van der Waals surface area contributed by atoms with Gasteiger partial charge in [0.15, 0.2) is 0 Å². The minimum Gasteiger partial charge on any atom is -0.478 e. The molecule has 0 saturated heterocycles. The number of fused-ring (bicyclic) bond motifs is 1. The fraction of sp³-hybridized carbons (Fsp3) is 0.438. The fourth-order valence-corrected chi connectivity index (χ4v) is 4.33. The van der Waals surface area contributed by atoms with E-state index in [0.717, 1.165) is 54.7 Å². The highest BCUT2D eigenvalue weighted by Crippen LogP contribution is 2.40. The Morgan fingerprint density at radius 2 is 2.13 bits per heavy atom. The molecule has 0 aliphatic heterocycles. The summed E-state index contributed by atoms with van der Waals surface area (Å²) in [5.74, 6) is -1.75.